The SMILES string of the molecule is N#CCCc1ccc(C(=O)O)c(S)c1. The molecule has 0 saturated carbocycles. The number of nitrogens with zero attached hydrogens (tertiary/aromatic N) is 1. The Labute approximate surface area is 87.4 Å². The van der Waals surface area contributed by atoms with Gasteiger partial charge in [-0.1, -0.05) is 6.07 Å². The van der Waals surface area contributed by atoms with Crippen molar-refractivity contribution >= 4 is 18.6 Å². The van der Waals surface area contributed by atoms with Crippen LogP contribution in [0.5, 0.6) is 0 Å². The molecular weight excluding hydrogens is 198 g/mol. The first kappa shape index (κ1) is 10.6. The molecule has 0 radical (unpaired) electrons. The minimum absolute atomic E-state index is 0.189. The Balaban J connectivity index is 2.90. The lowest BCUT2D eigenvalue weighted by atomic mass is 10.1. The van der Waals surface area contributed by atoms with E-state index in [9.17, 15) is 4.79 Å². The molecule has 0 amide bonds. The number of hydrogen-bond donors (Lipinski definition) is 2. The van der Waals surface area contributed by atoms with Gasteiger partial charge in [-0.15, -0.1) is 12.6 Å². The first-order valence-corrected chi connectivity index (χ1v) is 4.52. The second-order valence-corrected chi connectivity index (χ2v) is 3.30. The van der Waals surface area contributed by atoms with Crippen molar-refractivity contribution in [1.82, 2.24) is 0 Å². The molecule has 72 valence electrons. The van der Waals surface area contributed by atoms with E-state index in [4.69, 9.17) is 10.4 Å². The van der Waals surface area contributed by atoms with Crippen LogP contribution in [0.2, 0.25) is 0 Å². The van der Waals surface area contributed by atoms with E-state index in [0.29, 0.717) is 17.7 Å². The quantitative estimate of drug-likeness (QED) is 0.746. The molecule has 0 aromatic heterocycles. The Hall–Kier alpha value is -1.47. The molecule has 0 atom stereocenters. The maximum atomic E-state index is 10.6. The van der Waals surface area contributed by atoms with E-state index in [1.165, 1.54) is 6.07 Å². The molecule has 3 nitrogen and oxygen atoms in total. The zero-order valence-corrected chi connectivity index (χ0v) is 8.29. The van der Waals surface area contributed by atoms with Gasteiger partial charge < -0.3 is 5.11 Å². The van der Waals surface area contributed by atoms with Crippen molar-refractivity contribution in [3.63, 3.8) is 0 Å². The molecule has 1 aromatic carbocycles. The smallest absolute Gasteiger partial charge is 0.336 e. The number of thiol groups is 1. The molecule has 0 bridgehead atoms. The highest BCUT2D eigenvalue weighted by Gasteiger charge is 2.07. The fourth-order valence-corrected chi connectivity index (χ4v) is 1.45. The summed E-state index contributed by atoms with van der Waals surface area (Å²) in [5, 5.41) is 17.1. The first-order chi connectivity index (χ1) is 6.65. The van der Waals surface area contributed by atoms with Gasteiger partial charge in [0.25, 0.3) is 0 Å². The molecule has 0 unspecified atom stereocenters. The summed E-state index contributed by atoms with van der Waals surface area (Å²) in [6.07, 6.45) is 1.06. The fraction of sp³-hybridized carbons (Fsp3) is 0.200. The van der Waals surface area contributed by atoms with Gasteiger partial charge in [0.15, 0.2) is 0 Å². The Morgan fingerprint density at radius 1 is 1.57 bits per heavy atom. The molecule has 0 aliphatic carbocycles. The van der Waals surface area contributed by atoms with Gasteiger partial charge in [-0.25, -0.2) is 4.79 Å². The number of aromatic carboxylic acids is 1. The lowest BCUT2D eigenvalue weighted by molar-refractivity contribution is 0.0693. The van der Waals surface area contributed by atoms with Crippen LogP contribution in [0.15, 0.2) is 23.1 Å². The zero-order valence-electron chi connectivity index (χ0n) is 7.40. The van der Waals surface area contributed by atoms with Crippen molar-refractivity contribution in [3.05, 3.63) is 29.3 Å². The Bertz CT molecular complexity index is 396. The van der Waals surface area contributed by atoms with E-state index in [1.807, 2.05) is 6.07 Å². The molecule has 1 rings (SSSR count). The topological polar surface area (TPSA) is 61.1 Å². The van der Waals surface area contributed by atoms with E-state index >= 15 is 0 Å². The Kier molecular flexibility index (Phi) is 3.55. The highest BCUT2D eigenvalue weighted by molar-refractivity contribution is 7.80. The molecule has 0 saturated heterocycles. The van der Waals surface area contributed by atoms with Crippen LogP contribution in [0.4, 0.5) is 0 Å². The van der Waals surface area contributed by atoms with Crippen molar-refractivity contribution < 1.29 is 9.90 Å². The summed E-state index contributed by atoms with van der Waals surface area (Å²) < 4.78 is 0. The highest BCUT2D eigenvalue weighted by Crippen LogP contribution is 2.16. The van der Waals surface area contributed by atoms with Gasteiger partial charge in [0, 0.05) is 11.3 Å². The molecule has 0 fully saturated rings. The third-order valence-electron chi connectivity index (χ3n) is 1.82. The van der Waals surface area contributed by atoms with Crippen LogP contribution in [0.1, 0.15) is 22.3 Å². The van der Waals surface area contributed by atoms with Crippen molar-refractivity contribution in [2.45, 2.75) is 17.7 Å². The zero-order chi connectivity index (χ0) is 10.6. The largest absolute Gasteiger partial charge is 0.478 e. The molecule has 1 N–H and O–H groups in total. The molecule has 0 aliphatic rings. The van der Waals surface area contributed by atoms with Crippen LogP contribution in [0, 0.1) is 11.3 Å². The summed E-state index contributed by atoms with van der Waals surface area (Å²) in [7, 11) is 0. The molecule has 0 aliphatic heterocycles. The summed E-state index contributed by atoms with van der Waals surface area (Å²) in [4.78, 5) is 11.1. The number of hydrogen-bond acceptors (Lipinski definition) is 3. The van der Waals surface area contributed by atoms with Crippen LogP contribution >= 0.6 is 12.6 Å². The normalized spacial score (nSPS) is 9.43. The van der Waals surface area contributed by atoms with Gasteiger partial charge in [0.1, 0.15) is 0 Å². The van der Waals surface area contributed by atoms with Crippen molar-refractivity contribution in [2.24, 2.45) is 0 Å². The molecule has 14 heavy (non-hydrogen) atoms. The van der Waals surface area contributed by atoms with Crippen LogP contribution in [0.25, 0.3) is 0 Å². The van der Waals surface area contributed by atoms with Gasteiger partial charge in [-0.3, -0.25) is 0 Å². The molecule has 4 heteroatoms. The number of rotatable bonds is 3. The fourth-order valence-electron chi connectivity index (χ4n) is 1.11. The monoisotopic (exact) mass is 207 g/mol. The maximum absolute atomic E-state index is 10.6. The molecule has 1 aromatic rings. The van der Waals surface area contributed by atoms with E-state index in [2.05, 4.69) is 12.6 Å². The van der Waals surface area contributed by atoms with E-state index in [-0.39, 0.29) is 5.56 Å². The van der Waals surface area contributed by atoms with Gasteiger partial charge in [0.2, 0.25) is 0 Å². The average molecular weight is 207 g/mol. The summed E-state index contributed by atoms with van der Waals surface area (Å²) in [5.41, 5.74) is 1.12. The molecule has 0 spiro atoms. The average Bonchev–Trinajstić information content (AvgIpc) is 2.14. The molecular formula is C10H9NO2S. The van der Waals surface area contributed by atoms with Gasteiger partial charge >= 0.3 is 5.97 Å². The maximum Gasteiger partial charge on any atom is 0.336 e. The number of carbonyl (C=O) groups is 1. The lowest BCUT2D eigenvalue weighted by Crippen LogP contribution is -1.98. The number of carboxylic acid groups (broad SMARTS) is 1. The van der Waals surface area contributed by atoms with Crippen LogP contribution < -0.4 is 0 Å². The minimum atomic E-state index is -0.984. The third-order valence-corrected chi connectivity index (χ3v) is 2.19. The van der Waals surface area contributed by atoms with Crippen molar-refractivity contribution in [1.29, 1.82) is 5.26 Å². The molecule has 0 heterocycles. The highest BCUT2D eigenvalue weighted by atomic mass is 32.1. The van der Waals surface area contributed by atoms with E-state index < -0.39 is 5.97 Å². The van der Waals surface area contributed by atoms with Crippen molar-refractivity contribution in [2.75, 3.05) is 0 Å². The van der Waals surface area contributed by atoms with Gasteiger partial charge in [-0.2, -0.15) is 5.26 Å². The lowest BCUT2D eigenvalue weighted by Gasteiger charge is -2.02. The van der Waals surface area contributed by atoms with E-state index in [1.54, 1.807) is 12.1 Å². The minimum Gasteiger partial charge on any atom is -0.478 e. The first-order valence-electron chi connectivity index (χ1n) is 4.07. The van der Waals surface area contributed by atoms with E-state index in [0.717, 1.165) is 5.56 Å². The number of aryl methyl sites for hydroxylation is 1. The number of nitriles is 1. The van der Waals surface area contributed by atoms with Gasteiger partial charge in [0.05, 0.1) is 11.6 Å². The standard InChI is InChI=1S/C10H9NO2S/c11-5-1-2-7-3-4-8(10(12)13)9(14)6-7/h3-4,6,14H,1-2H2,(H,12,13). The van der Waals surface area contributed by atoms with Gasteiger partial charge in [-0.05, 0) is 24.1 Å². The van der Waals surface area contributed by atoms with Crippen LogP contribution in [-0.4, -0.2) is 11.1 Å². The second kappa shape index (κ2) is 4.68. The number of benzene rings is 1. The third kappa shape index (κ3) is 2.51. The van der Waals surface area contributed by atoms with Crippen molar-refractivity contribution in [3.8, 4) is 6.07 Å². The predicted molar refractivity (Wildman–Crippen MR) is 54.6 cm³/mol. The number of carboxylic acids is 1. The predicted octanol–water partition coefficient (Wildman–Crippen LogP) is 2.13. The summed E-state index contributed by atoms with van der Waals surface area (Å²) in [6.45, 7) is 0. The van der Waals surface area contributed by atoms with Crippen LogP contribution in [0.3, 0.4) is 0 Å². The summed E-state index contributed by atoms with van der Waals surface area (Å²) in [6, 6.07) is 6.94. The Morgan fingerprint density at radius 2 is 2.29 bits per heavy atom. The Morgan fingerprint density at radius 3 is 2.79 bits per heavy atom. The van der Waals surface area contributed by atoms with Crippen LogP contribution in [-0.2, 0) is 6.42 Å². The summed E-state index contributed by atoms with van der Waals surface area (Å²) in [5.74, 6) is -0.984. The summed E-state index contributed by atoms with van der Waals surface area (Å²) >= 11 is 4.07. The second-order valence-electron chi connectivity index (χ2n) is 2.81.